The minimum Gasteiger partial charge on any atom is -0.382 e. The molecule has 2 aromatic heterocycles. The highest BCUT2D eigenvalue weighted by Crippen LogP contribution is 2.17. The van der Waals surface area contributed by atoms with Crippen LogP contribution in [-0.4, -0.2) is 19.9 Å². The number of fused-ring (bicyclic) bond motifs is 1. The average molecular weight is 220 g/mol. The first-order valence-corrected chi connectivity index (χ1v) is 5.34. The van der Waals surface area contributed by atoms with E-state index in [2.05, 4.69) is 33.8 Å². The third-order valence-corrected chi connectivity index (χ3v) is 2.39. The minimum atomic E-state index is 0.317. The summed E-state index contributed by atoms with van der Waals surface area (Å²) < 4.78 is 0. The second kappa shape index (κ2) is 3.96. The van der Waals surface area contributed by atoms with Gasteiger partial charge in [0.05, 0.1) is 0 Å². The second-order valence-electron chi connectivity index (χ2n) is 4.28. The number of aromatic nitrogens is 4. The van der Waals surface area contributed by atoms with Crippen LogP contribution in [0.3, 0.4) is 0 Å². The molecule has 2 aromatic rings. The van der Waals surface area contributed by atoms with Crippen LogP contribution in [0.5, 0.6) is 0 Å². The molecule has 0 aromatic carbocycles. The summed E-state index contributed by atoms with van der Waals surface area (Å²) in [5.41, 5.74) is 12.5. The van der Waals surface area contributed by atoms with Crippen molar-refractivity contribution in [3.05, 3.63) is 5.82 Å². The van der Waals surface area contributed by atoms with Crippen LogP contribution in [0, 0.1) is 5.92 Å². The van der Waals surface area contributed by atoms with Crippen LogP contribution in [0.2, 0.25) is 0 Å². The smallest absolute Gasteiger partial charge is 0.200 e. The standard InChI is InChI=1S/C10H16N6/c1-5(2)3-4-6-13-8(11)7-9(14-6)16-10(12)15-7/h5H,3-4H2,1-2H3,(H5,11,12,13,14,15,16). The molecule has 6 heteroatoms. The number of nitrogens with two attached hydrogens (primary N) is 2. The van der Waals surface area contributed by atoms with Crippen molar-refractivity contribution < 1.29 is 0 Å². The monoisotopic (exact) mass is 220 g/mol. The Bertz CT molecular complexity index is 501. The zero-order chi connectivity index (χ0) is 11.7. The van der Waals surface area contributed by atoms with Crippen molar-refractivity contribution in [2.75, 3.05) is 11.5 Å². The first-order chi connectivity index (χ1) is 7.56. The van der Waals surface area contributed by atoms with Gasteiger partial charge in [0.15, 0.2) is 17.4 Å². The highest BCUT2D eigenvalue weighted by molar-refractivity contribution is 5.82. The fraction of sp³-hybridized carbons (Fsp3) is 0.500. The molecule has 0 aliphatic carbocycles. The molecule has 2 rings (SSSR count). The maximum absolute atomic E-state index is 5.80. The van der Waals surface area contributed by atoms with Crippen LogP contribution in [-0.2, 0) is 6.42 Å². The summed E-state index contributed by atoms with van der Waals surface area (Å²) in [6.45, 7) is 4.32. The number of nitrogen functional groups attached to an aromatic ring is 2. The number of nitrogens with one attached hydrogen (secondary N) is 1. The van der Waals surface area contributed by atoms with Gasteiger partial charge >= 0.3 is 0 Å². The molecule has 2 heterocycles. The van der Waals surface area contributed by atoms with Crippen molar-refractivity contribution in [3.8, 4) is 0 Å². The molecule has 6 nitrogen and oxygen atoms in total. The largest absolute Gasteiger partial charge is 0.382 e. The highest BCUT2D eigenvalue weighted by Gasteiger charge is 2.09. The number of aromatic amines is 1. The summed E-state index contributed by atoms with van der Waals surface area (Å²) in [6, 6.07) is 0. The van der Waals surface area contributed by atoms with Crippen LogP contribution in [0.4, 0.5) is 11.8 Å². The van der Waals surface area contributed by atoms with Crippen LogP contribution < -0.4 is 11.5 Å². The van der Waals surface area contributed by atoms with Crippen molar-refractivity contribution in [1.29, 1.82) is 0 Å². The van der Waals surface area contributed by atoms with Gasteiger partial charge in [-0.2, -0.15) is 4.98 Å². The van der Waals surface area contributed by atoms with Gasteiger partial charge in [-0.3, -0.25) is 0 Å². The molecule has 16 heavy (non-hydrogen) atoms. The number of imidazole rings is 1. The van der Waals surface area contributed by atoms with E-state index >= 15 is 0 Å². The topological polar surface area (TPSA) is 106 Å². The molecule has 5 N–H and O–H groups in total. The van der Waals surface area contributed by atoms with E-state index in [1.807, 2.05) is 0 Å². The molecule has 0 radical (unpaired) electrons. The molecule has 0 spiro atoms. The number of anilines is 2. The predicted octanol–water partition coefficient (Wildman–Crippen LogP) is 1.11. The minimum absolute atomic E-state index is 0.317. The number of nitrogens with zero attached hydrogens (tertiary/aromatic N) is 3. The Morgan fingerprint density at radius 1 is 1.19 bits per heavy atom. The molecule has 0 amide bonds. The molecule has 0 saturated carbocycles. The summed E-state index contributed by atoms with van der Waals surface area (Å²) >= 11 is 0. The van der Waals surface area contributed by atoms with E-state index in [4.69, 9.17) is 11.5 Å². The van der Waals surface area contributed by atoms with Gasteiger partial charge in [0, 0.05) is 6.42 Å². The summed E-state index contributed by atoms with van der Waals surface area (Å²) in [6.07, 6.45) is 1.84. The summed E-state index contributed by atoms with van der Waals surface area (Å²) in [5, 5.41) is 0. The van der Waals surface area contributed by atoms with E-state index in [9.17, 15) is 0 Å². The van der Waals surface area contributed by atoms with Crippen molar-refractivity contribution >= 4 is 22.9 Å². The molecule has 0 bridgehead atoms. The zero-order valence-corrected chi connectivity index (χ0v) is 9.49. The van der Waals surface area contributed by atoms with Gasteiger partial charge in [-0.25, -0.2) is 9.97 Å². The Hall–Kier alpha value is -1.85. The first-order valence-electron chi connectivity index (χ1n) is 5.34. The number of aryl methyl sites for hydroxylation is 1. The molecule has 0 aliphatic rings. The van der Waals surface area contributed by atoms with Gasteiger partial charge in [0.25, 0.3) is 0 Å². The van der Waals surface area contributed by atoms with Crippen LogP contribution in [0.25, 0.3) is 11.2 Å². The SMILES string of the molecule is CC(C)CCc1nc(N)c2[nH]c(N)nc2n1. The highest BCUT2D eigenvalue weighted by atomic mass is 15.1. The number of rotatable bonds is 3. The maximum Gasteiger partial charge on any atom is 0.200 e. The van der Waals surface area contributed by atoms with Crippen LogP contribution >= 0.6 is 0 Å². The normalized spacial score (nSPS) is 11.4. The fourth-order valence-corrected chi connectivity index (χ4v) is 1.51. The summed E-state index contributed by atoms with van der Waals surface area (Å²) in [4.78, 5) is 15.4. The fourth-order valence-electron chi connectivity index (χ4n) is 1.51. The third kappa shape index (κ3) is 2.05. The Labute approximate surface area is 93.5 Å². The number of H-pyrrole nitrogens is 1. The van der Waals surface area contributed by atoms with E-state index in [0.29, 0.717) is 28.8 Å². The lowest BCUT2D eigenvalue weighted by Gasteiger charge is -2.04. The molecule has 0 unspecified atom stereocenters. The molecule has 0 aliphatic heterocycles. The van der Waals surface area contributed by atoms with Crippen molar-refractivity contribution in [1.82, 2.24) is 19.9 Å². The Kier molecular flexibility index (Phi) is 2.64. The van der Waals surface area contributed by atoms with Gasteiger partial charge < -0.3 is 16.5 Å². The van der Waals surface area contributed by atoms with E-state index in [0.717, 1.165) is 18.7 Å². The molecule has 0 saturated heterocycles. The maximum atomic E-state index is 5.80. The van der Waals surface area contributed by atoms with E-state index in [-0.39, 0.29) is 0 Å². The average Bonchev–Trinajstić information content (AvgIpc) is 2.56. The summed E-state index contributed by atoms with van der Waals surface area (Å²) in [5.74, 6) is 2.07. The van der Waals surface area contributed by atoms with Crippen LogP contribution in [0.1, 0.15) is 26.1 Å². The lowest BCUT2D eigenvalue weighted by molar-refractivity contribution is 0.576. The Morgan fingerprint density at radius 3 is 2.62 bits per heavy atom. The van der Waals surface area contributed by atoms with E-state index < -0.39 is 0 Å². The molecule has 86 valence electrons. The molecular formula is C10H16N6. The molecule has 0 fully saturated rings. The molecule has 0 atom stereocenters. The van der Waals surface area contributed by atoms with Gasteiger partial charge in [-0.15, -0.1) is 0 Å². The number of hydrogen-bond acceptors (Lipinski definition) is 5. The Balaban J connectivity index is 2.33. The zero-order valence-electron chi connectivity index (χ0n) is 9.49. The number of hydrogen-bond donors (Lipinski definition) is 3. The third-order valence-electron chi connectivity index (χ3n) is 2.39. The van der Waals surface area contributed by atoms with Gasteiger partial charge in [0.1, 0.15) is 11.3 Å². The lowest BCUT2D eigenvalue weighted by atomic mass is 10.1. The second-order valence-corrected chi connectivity index (χ2v) is 4.28. The van der Waals surface area contributed by atoms with E-state index in [1.165, 1.54) is 0 Å². The quantitative estimate of drug-likeness (QED) is 0.718. The van der Waals surface area contributed by atoms with Gasteiger partial charge in [-0.05, 0) is 12.3 Å². The Morgan fingerprint density at radius 2 is 1.94 bits per heavy atom. The van der Waals surface area contributed by atoms with Crippen molar-refractivity contribution in [2.45, 2.75) is 26.7 Å². The van der Waals surface area contributed by atoms with Crippen molar-refractivity contribution in [2.24, 2.45) is 5.92 Å². The molecular weight excluding hydrogens is 204 g/mol. The van der Waals surface area contributed by atoms with Gasteiger partial charge in [0.2, 0.25) is 0 Å². The summed E-state index contributed by atoms with van der Waals surface area (Å²) in [7, 11) is 0. The van der Waals surface area contributed by atoms with E-state index in [1.54, 1.807) is 0 Å². The van der Waals surface area contributed by atoms with Gasteiger partial charge in [-0.1, -0.05) is 13.8 Å². The first kappa shape index (κ1) is 10.7. The van der Waals surface area contributed by atoms with Crippen molar-refractivity contribution in [3.63, 3.8) is 0 Å². The predicted molar refractivity (Wildman–Crippen MR) is 63.7 cm³/mol. The van der Waals surface area contributed by atoms with Crippen LogP contribution in [0.15, 0.2) is 0 Å². The lowest BCUT2D eigenvalue weighted by Crippen LogP contribution is -2.02.